The molecule has 0 spiro atoms. The van der Waals surface area contributed by atoms with E-state index in [1.54, 1.807) is 11.8 Å². The Morgan fingerprint density at radius 3 is 2.81 bits per heavy atom. The molecule has 0 aromatic heterocycles. The highest BCUT2D eigenvalue weighted by molar-refractivity contribution is 7.99. The maximum Gasteiger partial charge on any atom is 0.407 e. The lowest BCUT2D eigenvalue weighted by molar-refractivity contribution is -0.136. The lowest BCUT2D eigenvalue weighted by atomic mass is 10.5. The van der Waals surface area contributed by atoms with E-state index in [-0.39, 0.29) is 13.0 Å². The van der Waals surface area contributed by atoms with Crippen LogP contribution in [0.1, 0.15) is 12.8 Å². The fourth-order valence-corrected chi connectivity index (χ4v) is 1.68. The van der Waals surface area contributed by atoms with Gasteiger partial charge in [0.1, 0.15) is 6.61 Å². The Morgan fingerprint density at radius 2 is 2.19 bits per heavy atom. The lowest BCUT2D eigenvalue weighted by Crippen LogP contribution is -2.25. The van der Waals surface area contributed by atoms with Crippen molar-refractivity contribution in [3.8, 4) is 0 Å². The first-order valence-corrected chi connectivity index (χ1v) is 6.13. The number of rotatable bonds is 9. The van der Waals surface area contributed by atoms with Gasteiger partial charge < -0.3 is 15.2 Å². The Kier molecular flexibility index (Phi) is 9.59. The van der Waals surface area contributed by atoms with E-state index in [0.717, 1.165) is 12.2 Å². The summed E-state index contributed by atoms with van der Waals surface area (Å²) in [6.45, 7) is 4.17. The van der Waals surface area contributed by atoms with Gasteiger partial charge in [0.2, 0.25) is 0 Å². The number of carbonyl (C=O) groups excluding carboxylic acids is 1. The molecule has 1 amide bonds. The molecule has 0 fully saturated rings. The maximum absolute atomic E-state index is 10.9. The Bertz CT molecular complexity index is 233. The van der Waals surface area contributed by atoms with Crippen LogP contribution in [0.2, 0.25) is 0 Å². The smallest absolute Gasteiger partial charge is 0.407 e. The molecule has 0 heterocycles. The van der Waals surface area contributed by atoms with Crippen LogP contribution in [0.3, 0.4) is 0 Å². The summed E-state index contributed by atoms with van der Waals surface area (Å²) in [5, 5.41) is 11.0. The van der Waals surface area contributed by atoms with Gasteiger partial charge in [-0.1, -0.05) is 12.7 Å². The molecule has 92 valence electrons. The Labute approximate surface area is 99.2 Å². The number of hydrogen-bond donors (Lipinski definition) is 2. The molecule has 0 atom stereocenters. The van der Waals surface area contributed by atoms with Crippen LogP contribution in [0.25, 0.3) is 0 Å². The van der Waals surface area contributed by atoms with Crippen molar-refractivity contribution in [1.29, 1.82) is 0 Å². The number of alkyl carbamates (subject to hydrolysis) is 1. The first kappa shape index (κ1) is 14.8. The fraction of sp³-hybridized carbons (Fsp3) is 0.600. The van der Waals surface area contributed by atoms with E-state index in [2.05, 4.69) is 11.9 Å². The van der Waals surface area contributed by atoms with Crippen LogP contribution in [0, 0.1) is 0 Å². The second kappa shape index (κ2) is 10.4. The molecule has 0 aromatic rings. The SMILES string of the molecule is C=CCOC(=O)NCCCSCCC(=O)O. The fourth-order valence-electron chi connectivity index (χ4n) is 0.812. The Balaban J connectivity index is 3.17. The molecule has 5 nitrogen and oxygen atoms in total. The summed E-state index contributed by atoms with van der Waals surface area (Å²) in [6.07, 6.45) is 2.03. The zero-order chi connectivity index (χ0) is 12.2. The molecule has 0 unspecified atom stereocenters. The minimum Gasteiger partial charge on any atom is -0.481 e. The molecule has 0 aliphatic rings. The number of thioether (sulfide) groups is 1. The number of carboxylic acid groups (broad SMARTS) is 1. The predicted molar refractivity (Wildman–Crippen MR) is 63.7 cm³/mol. The third-order valence-electron chi connectivity index (χ3n) is 1.53. The molecule has 0 bridgehead atoms. The third kappa shape index (κ3) is 10.9. The van der Waals surface area contributed by atoms with Crippen LogP contribution in [-0.4, -0.2) is 41.8 Å². The lowest BCUT2D eigenvalue weighted by Gasteiger charge is -2.04. The average Bonchev–Trinajstić information content (AvgIpc) is 2.24. The first-order chi connectivity index (χ1) is 7.66. The number of ether oxygens (including phenoxy) is 1. The summed E-state index contributed by atoms with van der Waals surface area (Å²) in [5.74, 6) is 0.657. The quantitative estimate of drug-likeness (QED) is 0.477. The van der Waals surface area contributed by atoms with E-state index < -0.39 is 12.1 Å². The highest BCUT2D eigenvalue weighted by Gasteiger charge is 1.99. The van der Waals surface area contributed by atoms with Crippen LogP contribution in [-0.2, 0) is 9.53 Å². The minimum absolute atomic E-state index is 0.180. The molecule has 0 aromatic carbocycles. The molecule has 0 saturated heterocycles. The molecule has 6 heteroatoms. The highest BCUT2D eigenvalue weighted by Crippen LogP contribution is 2.03. The van der Waals surface area contributed by atoms with Gasteiger partial charge in [0.15, 0.2) is 0 Å². The standard InChI is InChI=1S/C10H17NO4S/c1-2-6-15-10(14)11-5-3-7-16-8-4-9(12)13/h2H,1,3-8H2,(H,11,14)(H,12,13). The Morgan fingerprint density at radius 1 is 1.44 bits per heavy atom. The molecular formula is C10H17NO4S. The van der Waals surface area contributed by atoms with Crippen LogP contribution in [0.15, 0.2) is 12.7 Å². The van der Waals surface area contributed by atoms with E-state index >= 15 is 0 Å². The zero-order valence-electron chi connectivity index (χ0n) is 9.11. The summed E-state index contributed by atoms with van der Waals surface area (Å²) in [5.41, 5.74) is 0. The van der Waals surface area contributed by atoms with Crippen molar-refractivity contribution >= 4 is 23.8 Å². The van der Waals surface area contributed by atoms with Crippen molar-refractivity contribution < 1.29 is 19.4 Å². The summed E-state index contributed by atoms with van der Waals surface area (Å²) in [7, 11) is 0. The van der Waals surface area contributed by atoms with Gasteiger partial charge in [-0.25, -0.2) is 4.79 Å². The summed E-state index contributed by atoms with van der Waals surface area (Å²) >= 11 is 1.56. The van der Waals surface area contributed by atoms with Gasteiger partial charge in [0.25, 0.3) is 0 Å². The van der Waals surface area contributed by atoms with Gasteiger partial charge in [-0.3, -0.25) is 4.79 Å². The molecular weight excluding hydrogens is 230 g/mol. The van der Waals surface area contributed by atoms with Crippen LogP contribution < -0.4 is 5.32 Å². The largest absolute Gasteiger partial charge is 0.481 e. The van der Waals surface area contributed by atoms with Gasteiger partial charge in [-0.15, -0.1) is 0 Å². The first-order valence-electron chi connectivity index (χ1n) is 4.98. The summed E-state index contributed by atoms with van der Waals surface area (Å²) in [4.78, 5) is 21.1. The summed E-state index contributed by atoms with van der Waals surface area (Å²) in [6, 6.07) is 0. The second-order valence-electron chi connectivity index (χ2n) is 2.92. The molecule has 0 radical (unpaired) electrons. The number of aliphatic carboxylic acids is 1. The van der Waals surface area contributed by atoms with Crippen molar-refractivity contribution in [2.24, 2.45) is 0 Å². The van der Waals surface area contributed by atoms with Crippen molar-refractivity contribution in [3.05, 3.63) is 12.7 Å². The topological polar surface area (TPSA) is 75.6 Å². The van der Waals surface area contributed by atoms with Crippen molar-refractivity contribution in [3.63, 3.8) is 0 Å². The van der Waals surface area contributed by atoms with Gasteiger partial charge >= 0.3 is 12.1 Å². The van der Waals surface area contributed by atoms with Crippen LogP contribution in [0.5, 0.6) is 0 Å². The molecule has 0 rings (SSSR count). The van der Waals surface area contributed by atoms with Gasteiger partial charge in [0.05, 0.1) is 6.42 Å². The maximum atomic E-state index is 10.9. The molecule has 0 saturated carbocycles. The third-order valence-corrected chi connectivity index (χ3v) is 2.60. The van der Waals surface area contributed by atoms with Crippen molar-refractivity contribution in [2.45, 2.75) is 12.8 Å². The number of nitrogens with one attached hydrogen (secondary N) is 1. The number of hydrogen-bond acceptors (Lipinski definition) is 4. The predicted octanol–water partition coefficient (Wildman–Crippen LogP) is 1.50. The normalized spacial score (nSPS) is 9.50. The minimum atomic E-state index is -0.779. The number of carboxylic acids is 1. The number of amides is 1. The van der Waals surface area contributed by atoms with E-state index in [0.29, 0.717) is 12.3 Å². The van der Waals surface area contributed by atoms with Gasteiger partial charge in [-0.05, 0) is 12.2 Å². The second-order valence-corrected chi connectivity index (χ2v) is 4.15. The molecule has 16 heavy (non-hydrogen) atoms. The van der Waals surface area contributed by atoms with E-state index in [1.807, 2.05) is 0 Å². The molecule has 2 N–H and O–H groups in total. The van der Waals surface area contributed by atoms with E-state index in [1.165, 1.54) is 6.08 Å². The van der Waals surface area contributed by atoms with Crippen molar-refractivity contribution in [2.75, 3.05) is 24.7 Å². The monoisotopic (exact) mass is 247 g/mol. The van der Waals surface area contributed by atoms with Crippen LogP contribution in [0.4, 0.5) is 4.79 Å². The average molecular weight is 247 g/mol. The van der Waals surface area contributed by atoms with Gasteiger partial charge in [-0.2, -0.15) is 11.8 Å². The number of carbonyl (C=O) groups is 2. The van der Waals surface area contributed by atoms with Crippen molar-refractivity contribution in [1.82, 2.24) is 5.32 Å². The van der Waals surface area contributed by atoms with E-state index in [9.17, 15) is 9.59 Å². The summed E-state index contributed by atoms with van der Waals surface area (Å²) < 4.78 is 4.70. The molecule has 0 aliphatic heterocycles. The van der Waals surface area contributed by atoms with Gasteiger partial charge in [0, 0.05) is 12.3 Å². The van der Waals surface area contributed by atoms with E-state index in [4.69, 9.17) is 9.84 Å². The highest BCUT2D eigenvalue weighted by atomic mass is 32.2. The zero-order valence-corrected chi connectivity index (χ0v) is 9.92. The van der Waals surface area contributed by atoms with Crippen LogP contribution >= 0.6 is 11.8 Å². The molecule has 0 aliphatic carbocycles. The Hall–Kier alpha value is -1.17.